The number of piperidine rings is 1. The number of hydrogen-bond acceptors (Lipinski definition) is 4. The van der Waals surface area contributed by atoms with Crippen LogP contribution in [0.2, 0.25) is 0 Å². The first-order valence-electron chi connectivity index (χ1n) is 9.56. The second-order valence-corrected chi connectivity index (χ2v) is 8.24. The van der Waals surface area contributed by atoms with E-state index >= 15 is 0 Å². The first kappa shape index (κ1) is 20.7. The summed E-state index contributed by atoms with van der Waals surface area (Å²) in [6.07, 6.45) is 1.41. The van der Waals surface area contributed by atoms with Crippen LogP contribution in [0.1, 0.15) is 46.1 Å². The summed E-state index contributed by atoms with van der Waals surface area (Å²) < 4.78 is 11.4. The van der Waals surface area contributed by atoms with Gasteiger partial charge in [0.1, 0.15) is 11.4 Å². The number of ether oxygens (including phenoxy) is 2. The van der Waals surface area contributed by atoms with Gasteiger partial charge in [-0.3, -0.25) is 4.79 Å². The number of hydrogen-bond donors (Lipinski definition) is 2. The van der Waals surface area contributed by atoms with E-state index in [1.807, 2.05) is 12.1 Å². The molecule has 1 aromatic rings. The number of nitrogens with one attached hydrogen (secondary N) is 2. The molecule has 0 spiro atoms. The molecule has 0 atom stereocenters. The maximum atomic E-state index is 12.7. The van der Waals surface area contributed by atoms with Crippen LogP contribution in [0.15, 0.2) is 24.3 Å². The predicted octanol–water partition coefficient (Wildman–Crippen LogP) is 2.88. The van der Waals surface area contributed by atoms with Gasteiger partial charge in [-0.1, -0.05) is 39.8 Å². The van der Waals surface area contributed by atoms with E-state index in [1.165, 1.54) is 5.56 Å². The summed E-state index contributed by atoms with van der Waals surface area (Å²) in [4.78, 5) is 12.7. The highest BCUT2D eigenvalue weighted by Crippen LogP contribution is 2.27. The van der Waals surface area contributed by atoms with Crippen molar-refractivity contribution in [3.63, 3.8) is 0 Å². The number of carbonyl (C=O) groups is 1. The molecular formula is C21H34N2O3. The highest BCUT2D eigenvalue weighted by molar-refractivity contribution is 5.85. The van der Waals surface area contributed by atoms with Gasteiger partial charge < -0.3 is 20.1 Å². The summed E-state index contributed by atoms with van der Waals surface area (Å²) in [6.45, 7) is 11.4. The van der Waals surface area contributed by atoms with Gasteiger partial charge >= 0.3 is 0 Å². The highest BCUT2D eigenvalue weighted by Gasteiger charge is 2.40. The lowest BCUT2D eigenvalue weighted by atomic mass is 9.84. The van der Waals surface area contributed by atoms with Gasteiger partial charge in [-0.05, 0) is 49.5 Å². The Morgan fingerprint density at radius 1 is 1.23 bits per heavy atom. The standard InChI is InChI=1S/C21H34N2O3/c1-16(2)14-26-18-8-6-17(7-9-18)20(3,4)15-23-19(24)21(25-5)10-12-22-13-11-21/h6-9,16,22H,10-15H2,1-5H3,(H,23,24). The van der Waals surface area contributed by atoms with Gasteiger partial charge in [0, 0.05) is 19.1 Å². The average molecular weight is 363 g/mol. The molecule has 1 aromatic carbocycles. The van der Waals surface area contributed by atoms with Crippen molar-refractivity contribution in [2.24, 2.45) is 5.92 Å². The third kappa shape index (κ3) is 5.21. The van der Waals surface area contributed by atoms with Crippen LogP contribution in [-0.4, -0.2) is 44.9 Å². The summed E-state index contributed by atoms with van der Waals surface area (Å²) >= 11 is 0. The van der Waals surface area contributed by atoms with Crippen molar-refractivity contribution in [3.05, 3.63) is 29.8 Å². The summed E-state index contributed by atoms with van der Waals surface area (Å²) in [7, 11) is 1.63. The van der Waals surface area contributed by atoms with Gasteiger partial charge in [0.05, 0.1) is 6.61 Å². The van der Waals surface area contributed by atoms with Gasteiger partial charge in [-0.15, -0.1) is 0 Å². The Balaban J connectivity index is 1.96. The van der Waals surface area contributed by atoms with Crippen LogP contribution < -0.4 is 15.4 Å². The lowest BCUT2D eigenvalue weighted by Gasteiger charge is -2.36. The van der Waals surface area contributed by atoms with Gasteiger partial charge in [0.25, 0.3) is 5.91 Å². The van der Waals surface area contributed by atoms with E-state index in [1.54, 1.807) is 7.11 Å². The van der Waals surface area contributed by atoms with E-state index < -0.39 is 5.60 Å². The maximum absolute atomic E-state index is 12.7. The van der Waals surface area contributed by atoms with Crippen molar-refractivity contribution in [3.8, 4) is 5.75 Å². The first-order valence-corrected chi connectivity index (χ1v) is 9.56. The summed E-state index contributed by atoms with van der Waals surface area (Å²) in [5, 5.41) is 6.39. The van der Waals surface area contributed by atoms with Crippen LogP contribution in [0.5, 0.6) is 5.75 Å². The van der Waals surface area contributed by atoms with Gasteiger partial charge in [0.2, 0.25) is 0 Å². The first-order chi connectivity index (χ1) is 12.3. The fraction of sp³-hybridized carbons (Fsp3) is 0.667. The molecule has 1 fully saturated rings. The zero-order valence-corrected chi connectivity index (χ0v) is 16.9. The number of amides is 1. The fourth-order valence-corrected chi connectivity index (χ4v) is 3.18. The van der Waals surface area contributed by atoms with Crippen molar-refractivity contribution >= 4 is 5.91 Å². The molecule has 5 nitrogen and oxygen atoms in total. The Hall–Kier alpha value is -1.59. The molecule has 1 amide bonds. The van der Waals surface area contributed by atoms with E-state index in [9.17, 15) is 4.79 Å². The molecule has 5 heteroatoms. The lowest BCUT2D eigenvalue weighted by Crippen LogP contribution is -2.55. The quantitative estimate of drug-likeness (QED) is 0.747. The molecule has 1 aliphatic rings. The van der Waals surface area contributed by atoms with Crippen LogP contribution in [-0.2, 0) is 14.9 Å². The monoisotopic (exact) mass is 362 g/mol. The van der Waals surface area contributed by atoms with Crippen LogP contribution in [0.25, 0.3) is 0 Å². The molecule has 1 aliphatic heterocycles. The third-order valence-electron chi connectivity index (χ3n) is 5.13. The van der Waals surface area contributed by atoms with Gasteiger partial charge in [-0.25, -0.2) is 0 Å². The Bertz CT molecular complexity index is 575. The molecule has 146 valence electrons. The molecule has 26 heavy (non-hydrogen) atoms. The minimum absolute atomic E-state index is 0.00791. The Kier molecular flexibility index (Phi) is 7.07. The van der Waals surface area contributed by atoms with Crippen molar-refractivity contribution in [1.29, 1.82) is 0 Å². The highest BCUT2D eigenvalue weighted by atomic mass is 16.5. The van der Waals surface area contributed by atoms with Crippen LogP contribution in [0.4, 0.5) is 0 Å². The minimum atomic E-state index is -0.699. The minimum Gasteiger partial charge on any atom is -0.493 e. The molecule has 0 saturated carbocycles. The van der Waals surface area contributed by atoms with E-state index in [0.717, 1.165) is 18.8 Å². The summed E-state index contributed by atoms with van der Waals surface area (Å²) in [5.41, 5.74) is 0.302. The van der Waals surface area contributed by atoms with E-state index in [2.05, 4.69) is 50.5 Å². The number of carbonyl (C=O) groups excluding carboxylic acids is 1. The summed E-state index contributed by atoms with van der Waals surface area (Å²) in [5.74, 6) is 1.38. The molecular weight excluding hydrogens is 328 g/mol. The summed E-state index contributed by atoms with van der Waals surface area (Å²) in [6, 6.07) is 8.17. The smallest absolute Gasteiger partial charge is 0.252 e. The molecule has 0 radical (unpaired) electrons. The lowest BCUT2D eigenvalue weighted by molar-refractivity contribution is -0.146. The second-order valence-electron chi connectivity index (χ2n) is 8.24. The molecule has 0 aromatic heterocycles. The molecule has 1 saturated heterocycles. The zero-order chi connectivity index (χ0) is 19.2. The molecule has 2 rings (SSSR count). The molecule has 1 heterocycles. The Morgan fingerprint density at radius 2 is 1.85 bits per heavy atom. The zero-order valence-electron chi connectivity index (χ0n) is 16.9. The predicted molar refractivity (Wildman–Crippen MR) is 105 cm³/mol. The molecule has 2 N–H and O–H groups in total. The van der Waals surface area contributed by atoms with Crippen molar-refractivity contribution in [2.75, 3.05) is 33.4 Å². The number of benzene rings is 1. The maximum Gasteiger partial charge on any atom is 0.252 e. The van der Waals surface area contributed by atoms with Crippen LogP contribution >= 0.6 is 0 Å². The molecule has 0 bridgehead atoms. The number of rotatable bonds is 8. The topological polar surface area (TPSA) is 59.6 Å². The molecule has 0 aliphatic carbocycles. The van der Waals surface area contributed by atoms with E-state index in [0.29, 0.717) is 31.9 Å². The van der Waals surface area contributed by atoms with Crippen LogP contribution in [0.3, 0.4) is 0 Å². The van der Waals surface area contributed by atoms with Crippen LogP contribution in [0, 0.1) is 5.92 Å². The normalized spacial score (nSPS) is 17.2. The molecule has 0 unspecified atom stereocenters. The van der Waals surface area contributed by atoms with E-state index in [-0.39, 0.29) is 11.3 Å². The fourth-order valence-electron chi connectivity index (χ4n) is 3.18. The van der Waals surface area contributed by atoms with Crippen molar-refractivity contribution in [1.82, 2.24) is 10.6 Å². The Labute approximate surface area is 157 Å². The van der Waals surface area contributed by atoms with Gasteiger partial charge in [0.15, 0.2) is 0 Å². The van der Waals surface area contributed by atoms with Crippen molar-refractivity contribution < 1.29 is 14.3 Å². The second kappa shape index (κ2) is 8.87. The van der Waals surface area contributed by atoms with Crippen molar-refractivity contribution in [2.45, 2.75) is 51.6 Å². The number of methoxy groups -OCH3 is 1. The Morgan fingerprint density at radius 3 is 2.38 bits per heavy atom. The third-order valence-corrected chi connectivity index (χ3v) is 5.13. The average Bonchev–Trinajstić information content (AvgIpc) is 2.65. The largest absolute Gasteiger partial charge is 0.493 e. The van der Waals surface area contributed by atoms with E-state index in [4.69, 9.17) is 9.47 Å². The van der Waals surface area contributed by atoms with Gasteiger partial charge in [-0.2, -0.15) is 0 Å². The SMILES string of the molecule is COC1(C(=O)NCC(C)(C)c2ccc(OCC(C)C)cc2)CCNCC1.